The van der Waals surface area contributed by atoms with Gasteiger partial charge in [0.05, 0.1) is 18.4 Å². The first-order chi connectivity index (χ1) is 14.6. The van der Waals surface area contributed by atoms with Crippen LogP contribution in [0.1, 0.15) is 21.5 Å². The van der Waals surface area contributed by atoms with Gasteiger partial charge in [0.15, 0.2) is 18.1 Å². The van der Waals surface area contributed by atoms with Gasteiger partial charge in [-0.25, -0.2) is 0 Å². The number of methoxy groups -OCH3 is 1. The molecule has 3 aromatic rings. The van der Waals surface area contributed by atoms with Crippen LogP contribution in [0.15, 0.2) is 72.8 Å². The number of carbonyl (C=O) groups is 2. The fraction of sp³-hybridized carbons (Fsp3) is 0.167. The molecule has 0 aromatic heterocycles. The zero-order chi connectivity index (χ0) is 21.3. The van der Waals surface area contributed by atoms with Crippen LogP contribution >= 0.6 is 0 Å². The molecule has 0 fully saturated rings. The lowest BCUT2D eigenvalue weighted by molar-refractivity contribution is -0.118. The largest absolute Gasteiger partial charge is 0.493 e. The second kappa shape index (κ2) is 10.1. The molecule has 0 unspecified atom stereocenters. The molecule has 6 heteroatoms. The SMILES string of the molecule is COc1cc(C)ccc1OCC(=O)Nc1ccccc1C(=O)NCc1ccccc1. The van der Waals surface area contributed by atoms with E-state index in [9.17, 15) is 9.59 Å². The first-order valence-electron chi connectivity index (χ1n) is 9.55. The second-order valence-electron chi connectivity index (χ2n) is 6.71. The lowest BCUT2D eigenvalue weighted by atomic mass is 10.1. The minimum absolute atomic E-state index is 0.209. The van der Waals surface area contributed by atoms with Gasteiger partial charge < -0.3 is 20.1 Å². The van der Waals surface area contributed by atoms with E-state index in [1.54, 1.807) is 37.4 Å². The zero-order valence-electron chi connectivity index (χ0n) is 17.0. The van der Waals surface area contributed by atoms with E-state index in [1.165, 1.54) is 0 Å². The summed E-state index contributed by atoms with van der Waals surface area (Å²) >= 11 is 0. The van der Waals surface area contributed by atoms with Crippen LogP contribution in [0.25, 0.3) is 0 Å². The predicted octanol–water partition coefficient (Wildman–Crippen LogP) is 3.95. The van der Waals surface area contributed by atoms with Crippen molar-refractivity contribution in [2.45, 2.75) is 13.5 Å². The van der Waals surface area contributed by atoms with Crippen molar-refractivity contribution in [1.82, 2.24) is 5.32 Å². The normalized spacial score (nSPS) is 10.2. The van der Waals surface area contributed by atoms with Gasteiger partial charge in [-0.2, -0.15) is 0 Å². The highest BCUT2D eigenvalue weighted by molar-refractivity contribution is 6.04. The van der Waals surface area contributed by atoms with Crippen molar-refractivity contribution >= 4 is 17.5 Å². The standard InChI is InChI=1S/C24H24N2O4/c1-17-12-13-21(22(14-17)29-2)30-16-23(27)26-20-11-7-6-10-19(20)24(28)25-15-18-8-4-3-5-9-18/h3-14H,15-16H2,1-2H3,(H,25,28)(H,26,27). The van der Waals surface area contributed by atoms with E-state index in [0.717, 1.165) is 11.1 Å². The van der Waals surface area contributed by atoms with Gasteiger partial charge in [0, 0.05) is 6.54 Å². The third-order valence-electron chi connectivity index (χ3n) is 4.42. The number of anilines is 1. The van der Waals surface area contributed by atoms with Gasteiger partial charge in [0.1, 0.15) is 0 Å². The Kier molecular flexibility index (Phi) is 7.05. The molecule has 3 rings (SSSR count). The minimum Gasteiger partial charge on any atom is -0.493 e. The molecule has 2 N–H and O–H groups in total. The van der Waals surface area contributed by atoms with Crippen molar-refractivity contribution in [3.05, 3.63) is 89.5 Å². The van der Waals surface area contributed by atoms with Crippen LogP contribution in [0.4, 0.5) is 5.69 Å². The first-order valence-corrected chi connectivity index (χ1v) is 9.55. The Labute approximate surface area is 175 Å². The van der Waals surface area contributed by atoms with E-state index in [4.69, 9.17) is 9.47 Å². The number of ether oxygens (including phenoxy) is 2. The predicted molar refractivity (Wildman–Crippen MR) is 116 cm³/mol. The second-order valence-corrected chi connectivity index (χ2v) is 6.71. The maximum atomic E-state index is 12.6. The van der Waals surface area contributed by atoms with Gasteiger partial charge >= 0.3 is 0 Å². The number of hydrogen-bond acceptors (Lipinski definition) is 4. The summed E-state index contributed by atoms with van der Waals surface area (Å²) < 4.78 is 10.9. The van der Waals surface area contributed by atoms with Gasteiger partial charge in [-0.05, 0) is 42.3 Å². The number of benzene rings is 3. The molecule has 0 spiro atoms. The van der Waals surface area contributed by atoms with Gasteiger partial charge in [0.25, 0.3) is 11.8 Å². The van der Waals surface area contributed by atoms with Gasteiger partial charge in [-0.3, -0.25) is 9.59 Å². The van der Waals surface area contributed by atoms with Crippen molar-refractivity contribution in [2.24, 2.45) is 0 Å². The van der Waals surface area contributed by atoms with Crippen LogP contribution in [0, 0.1) is 6.92 Å². The molecule has 0 aliphatic rings. The molecule has 2 amide bonds. The number of rotatable bonds is 8. The van der Waals surface area contributed by atoms with E-state index in [-0.39, 0.29) is 18.4 Å². The molecular formula is C24H24N2O4. The van der Waals surface area contributed by atoms with E-state index in [1.807, 2.05) is 49.4 Å². The third kappa shape index (κ3) is 5.61. The number of aryl methyl sites for hydroxylation is 1. The van der Waals surface area contributed by atoms with Crippen molar-refractivity contribution in [1.29, 1.82) is 0 Å². The topological polar surface area (TPSA) is 76.7 Å². The van der Waals surface area contributed by atoms with Crippen LogP contribution in [0.5, 0.6) is 11.5 Å². The Morgan fingerprint density at radius 1 is 0.900 bits per heavy atom. The average Bonchev–Trinajstić information content (AvgIpc) is 2.77. The van der Waals surface area contributed by atoms with Crippen LogP contribution < -0.4 is 20.1 Å². The molecule has 0 radical (unpaired) electrons. The number of hydrogen-bond donors (Lipinski definition) is 2. The molecule has 0 heterocycles. The molecule has 3 aromatic carbocycles. The Morgan fingerprint density at radius 2 is 1.63 bits per heavy atom. The average molecular weight is 404 g/mol. The quantitative estimate of drug-likeness (QED) is 0.596. The molecule has 30 heavy (non-hydrogen) atoms. The summed E-state index contributed by atoms with van der Waals surface area (Å²) in [7, 11) is 1.55. The summed E-state index contributed by atoms with van der Waals surface area (Å²) in [4.78, 5) is 25.0. The highest BCUT2D eigenvalue weighted by atomic mass is 16.5. The Balaban J connectivity index is 1.61. The lowest BCUT2D eigenvalue weighted by Crippen LogP contribution is -2.26. The summed E-state index contributed by atoms with van der Waals surface area (Å²) in [6.45, 7) is 2.14. The van der Waals surface area contributed by atoms with Gasteiger partial charge in [-0.15, -0.1) is 0 Å². The molecule has 0 saturated heterocycles. The van der Waals surface area contributed by atoms with Crippen molar-refractivity contribution in [2.75, 3.05) is 19.0 Å². The number of carbonyl (C=O) groups excluding carboxylic acids is 2. The Hall–Kier alpha value is -3.80. The van der Waals surface area contributed by atoms with Crippen molar-refractivity contribution in [3.63, 3.8) is 0 Å². The number of nitrogens with one attached hydrogen (secondary N) is 2. The molecule has 154 valence electrons. The fourth-order valence-corrected chi connectivity index (χ4v) is 2.89. The third-order valence-corrected chi connectivity index (χ3v) is 4.42. The Bertz CT molecular complexity index is 1020. The van der Waals surface area contributed by atoms with Gasteiger partial charge in [-0.1, -0.05) is 48.5 Å². The van der Waals surface area contributed by atoms with Crippen LogP contribution in [0.3, 0.4) is 0 Å². The molecule has 0 aliphatic heterocycles. The van der Waals surface area contributed by atoms with Crippen LogP contribution in [-0.4, -0.2) is 25.5 Å². The maximum Gasteiger partial charge on any atom is 0.262 e. The summed E-state index contributed by atoms with van der Waals surface area (Å²) in [6, 6.07) is 21.9. The summed E-state index contributed by atoms with van der Waals surface area (Å²) in [6.07, 6.45) is 0. The lowest BCUT2D eigenvalue weighted by Gasteiger charge is -2.13. The summed E-state index contributed by atoms with van der Waals surface area (Å²) in [5.74, 6) is 0.396. The minimum atomic E-state index is -0.374. The van der Waals surface area contributed by atoms with Crippen molar-refractivity contribution < 1.29 is 19.1 Å². The summed E-state index contributed by atoms with van der Waals surface area (Å²) in [5, 5.41) is 5.61. The highest BCUT2D eigenvalue weighted by Gasteiger charge is 2.14. The smallest absolute Gasteiger partial charge is 0.262 e. The summed E-state index contributed by atoms with van der Waals surface area (Å²) in [5.41, 5.74) is 2.83. The van der Waals surface area contributed by atoms with E-state index >= 15 is 0 Å². The first kappa shape index (κ1) is 20.9. The molecular weight excluding hydrogens is 380 g/mol. The van der Waals surface area contributed by atoms with Crippen molar-refractivity contribution in [3.8, 4) is 11.5 Å². The monoisotopic (exact) mass is 404 g/mol. The molecule has 0 aliphatic carbocycles. The molecule has 0 saturated carbocycles. The van der Waals surface area contributed by atoms with Crippen LogP contribution in [-0.2, 0) is 11.3 Å². The van der Waals surface area contributed by atoms with E-state index < -0.39 is 0 Å². The Morgan fingerprint density at radius 3 is 2.40 bits per heavy atom. The number of amides is 2. The van der Waals surface area contributed by atoms with Gasteiger partial charge in [0.2, 0.25) is 0 Å². The van der Waals surface area contributed by atoms with Crippen LogP contribution in [0.2, 0.25) is 0 Å². The zero-order valence-corrected chi connectivity index (χ0v) is 17.0. The maximum absolute atomic E-state index is 12.6. The fourth-order valence-electron chi connectivity index (χ4n) is 2.89. The molecule has 6 nitrogen and oxygen atoms in total. The number of para-hydroxylation sites is 1. The highest BCUT2D eigenvalue weighted by Crippen LogP contribution is 2.27. The van der Waals surface area contributed by atoms with E-state index in [0.29, 0.717) is 29.3 Å². The molecule has 0 atom stereocenters. The van der Waals surface area contributed by atoms with E-state index in [2.05, 4.69) is 10.6 Å². The molecule has 0 bridgehead atoms.